The fourth-order valence-electron chi connectivity index (χ4n) is 4.80. The van der Waals surface area contributed by atoms with Gasteiger partial charge in [-0.15, -0.1) is 0 Å². The van der Waals surface area contributed by atoms with E-state index in [9.17, 15) is 14.9 Å². The summed E-state index contributed by atoms with van der Waals surface area (Å²) >= 11 is 0. The van der Waals surface area contributed by atoms with Gasteiger partial charge in [-0.1, -0.05) is 42.5 Å². The van der Waals surface area contributed by atoms with Crippen LogP contribution in [0.15, 0.2) is 66.7 Å². The largest absolute Gasteiger partial charge is 0.497 e. The minimum absolute atomic E-state index is 0.0753. The number of carbonyl (C=O) groups is 1. The number of likely N-dealkylation sites (tertiary alicyclic amines) is 1. The molecule has 0 aliphatic carbocycles. The third-order valence-corrected chi connectivity index (χ3v) is 6.77. The lowest BCUT2D eigenvalue weighted by Crippen LogP contribution is -2.50. The molecule has 0 spiro atoms. The number of piperidine rings is 1. The molecule has 3 aromatic carbocycles. The zero-order valence-electron chi connectivity index (χ0n) is 20.7. The molecule has 0 saturated carbocycles. The highest BCUT2D eigenvalue weighted by Crippen LogP contribution is 2.39. The van der Waals surface area contributed by atoms with Crippen molar-refractivity contribution in [1.82, 2.24) is 4.90 Å². The topological polar surface area (TPSA) is 91.1 Å². The Morgan fingerprint density at radius 1 is 0.944 bits per heavy atom. The Bertz CT molecular complexity index is 1230. The van der Waals surface area contributed by atoms with Crippen molar-refractivity contribution in [2.24, 2.45) is 0 Å². The number of benzene rings is 3. The molecule has 0 aromatic heterocycles. The van der Waals surface area contributed by atoms with Gasteiger partial charge >= 0.3 is 0 Å². The first kappa shape index (κ1) is 25.0. The number of methoxy groups -OCH3 is 3. The minimum Gasteiger partial charge on any atom is -0.497 e. The number of hydrogen-bond donors (Lipinski definition) is 0. The lowest BCUT2D eigenvalue weighted by molar-refractivity contribution is -0.528. The van der Waals surface area contributed by atoms with Gasteiger partial charge in [-0.3, -0.25) is 14.9 Å². The summed E-state index contributed by atoms with van der Waals surface area (Å²) in [5.41, 5.74) is 3.52. The maximum Gasteiger partial charge on any atom is 0.237 e. The number of nitrogens with zero attached hydrogens (tertiary/aromatic N) is 2. The van der Waals surface area contributed by atoms with Crippen molar-refractivity contribution in [3.63, 3.8) is 0 Å². The Labute approximate surface area is 210 Å². The predicted octanol–water partition coefficient (Wildman–Crippen LogP) is 4.58. The van der Waals surface area contributed by atoms with Crippen LogP contribution in [0.1, 0.15) is 23.5 Å². The smallest absolute Gasteiger partial charge is 0.237 e. The quantitative estimate of drug-likeness (QED) is 0.322. The maximum atomic E-state index is 13.1. The molecule has 4 rings (SSSR count). The molecule has 0 radical (unpaired) electrons. The number of carbonyl (C=O) groups excluding carboxylic acids is 1. The lowest BCUT2D eigenvalue weighted by Gasteiger charge is -2.34. The number of nitro groups is 1. The van der Waals surface area contributed by atoms with E-state index in [1.807, 2.05) is 66.7 Å². The summed E-state index contributed by atoms with van der Waals surface area (Å²) in [4.78, 5) is 26.7. The summed E-state index contributed by atoms with van der Waals surface area (Å²) < 4.78 is 16.0. The van der Waals surface area contributed by atoms with E-state index in [0.717, 1.165) is 28.0 Å². The van der Waals surface area contributed by atoms with E-state index in [1.54, 1.807) is 26.2 Å². The summed E-state index contributed by atoms with van der Waals surface area (Å²) in [6.45, 7) is 0.506. The molecule has 8 nitrogen and oxygen atoms in total. The van der Waals surface area contributed by atoms with Gasteiger partial charge in [0.05, 0.1) is 33.8 Å². The van der Waals surface area contributed by atoms with Crippen molar-refractivity contribution >= 4 is 5.91 Å². The second-order valence-electron chi connectivity index (χ2n) is 8.76. The molecule has 8 heteroatoms. The zero-order chi connectivity index (χ0) is 25.7. The molecule has 0 bridgehead atoms. The molecule has 188 valence electrons. The maximum absolute atomic E-state index is 13.1. The van der Waals surface area contributed by atoms with Crippen molar-refractivity contribution in [3.05, 3.63) is 88.0 Å². The predicted molar refractivity (Wildman–Crippen MR) is 136 cm³/mol. The van der Waals surface area contributed by atoms with E-state index in [2.05, 4.69) is 0 Å². The van der Waals surface area contributed by atoms with Crippen LogP contribution in [0.4, 0.5) is 0 Å². The fourth-order valence-corrected chi connectivity index (χ4v) is 4.80. The summed E-state index contributed by atoms with van der Waals surface area (Å²) in [6.07, 6.45) is 0.700. The zero-order valence-corrected chi connectivity index (χ0v) is 20.7. The molecule has 2 atom stereocenters. The van der Waals surface area contributed by atoms with E-state index < -0.39 is 12.0 Å². The van der Waals surface area contributed by atoms with Gasteiger partial charge in [-0.25, -0.2) is 0 Å². The first-order valence-corrected chi connectivity index (χ1v) is 11.8. The average molecular weight is 491 g/mol. The van der Waals surface area contributed by atoms with Gasteiger partial charge in [0.15, 0.2) is 11.5 Å². The summed E-state index contributed by atoms with van der Waals surface area (Å²) in [5, 5.41) is 12.2. The van der Waals surface area contributed by atoms with Crippen LogP contribution in [0, 0.1) is 10.1 Å². The third kappa shape index (κ3) is 5.27. The molecule has 0 N–H and O–H groups in total. The van der Waals surface area contributed by atoms with Crippen molar-refractivity contribution in [2.45, 2.75) is 24.8 Å². The summed E-state index contributed by atoms with van der Waals surface area (Å²) in [7, 11) is 4.75. The van der Waals surface area contributed by atoms with Gasteiger partial charge in [0.2, 0.25) is 11.9 Å². The Hall–Kier alpha value is -4.07. The second-order valence-corrected chi connectivity index (χ2v) is 8.76. The molecule has 1 aliphatic heterocycles. The van der Waals surface area contributed by atoms with Crippen LogP contribution in [0.25, 0.3) is 11.1 Å². The van der Waals surface area contributed by atoms with Crippen LogP contribution in [0.2, 0.25) is 0 Å². The van der Waals surface area contributed by atoms with Crippen molar-refractivity contribution in [1.29, 1.82) is 0 Å². The van der Waals surface area contributed by atoms with Crippen LogP contribution < -0.4 is 14.2 Å². The van der Waals surface area contributed by atoms with Crippen molar-refractivity contribution in [3.8, 4) is 28.4 Å². The summed E-state index contributed by atoms with van der Waals surface area (Å²) in [5.74, 6) is 1.32. The van der Waals surface area contributed by atoms with E-state index in [4.69, 9.17) is 14.2 Å². The molecule has 1 amide bonds. The van der Waals surface area contributed by atoms with Gasteiger partial charge in [0.1, 0.15) is 5.75 Å². The minimum atomic E-state index is -0.903. The summed E-state index contributed by atoms with van der Waals surface area (Å²) in [6, 6.07) is 19.8. The molecular weight excluding hydrogens is 460 g/mol. The van der Waals surface area contributed by atoms with Crippen molar-refractivity contribution in [2.75, 3.05) is 34.4 Å². The van der Waals surface area contributed by atoms with Crippen LogP contribution in [-0.2, 0) is 11.2 Å². The van der Waals surface area contributed by atoms with Gasteiger partial charge in [0, 0.05) is 17.9 Å². The van der Waals surface area contributed by atoms with Crippen LogP contribution in [0.5, 0.6) is 17.2 Å². The second kappa shape index (κ2) is 11.1. The van der Waals surface area contributed by atoms with Gasteiger partial charge < -0.3 is 19.1 Å². The van der Waals surface area contributed by atoms with Gasteiger partial charge in [0.25, 0.3) is 0 Å². The van der Waals surface area contributed by atoms with Crippen LogP contribution in [-0.4, -0.2) is 56.2 Å². The van der Waals surface area contributed by atoms with E-state index in [-0.39, 0.29) is 23.8 Å². The lowest BCUT2D eigenvalue weighted by atomic mass is 9.81. The first-order chi connectivity index (χ1) is 17.4. The molecule has 36 heavy (non-hydrogen) atoms. The molecule has 1 fully saturated rings. The number of amides is 1. The normalized spacial score (nSPS) is 17.5. The number of rotatable bonds is 9. The number of ether oxygens (including phenoxy) is 3. The highest BCUT2D eigenvalue weighted by molar-refractivity contribution is 5.80. The van der Waals surface area contributed by atoms with E-state index in [0.29, 0.717) is 24.5 Å². The molecule has 0 unspecified atom stereocenters. The molecule has 1 saturated heterocycles. The third-order valence-electron chi connectivity index (χ3n) is 6.77. The van der Waals surface area contributed by atoms with Crippen LogP contribution >= 0.6 is 0 Å². The Kier molecular flexibility index (Phi) is 7.73. The standard InChI is InChI=1S/C28H30N2O6/c1-34-21-11-8-19(9-12-21)14-15-29-18-25(30(32)33)24(17-28(29)31)23-7-5-4-6-22(23)20-10-13-26(35-2)27(16-20)36-3/h4-13,16,24-25H,14-15,17-18H2,1-3H3/t24-,25+/m0/s1. The van der Waals surface area contributed by atoms with Gasteiger partial charge in [-0.2, -0.15) is 0 Å². The molecule has 1 heterocycles. The highest BCUT2D eigenvalue weighted by atomic mass is 16.6. The monoisotopic (exact) mass is 490 g/mol. The van der Waals surface area contributed by atoms with Crippen molar-refractivity contribution < 1.29 is 23.9 Å². The fraction of sp³-hybridized carbons (Fsp3) is 0.321. The SMILES string of the molecule is COc1ccc(CCN2C[C@@H]([N+](=O)[O-])[C@H](c3ccccc3-c3ccc(OC)c(OC)c3)CC2=O)cc1. The molecular formula is C28H30N2O6. The number of hydrogen-bond acceptors (Lipinski definition) is 6. The molecule has 3 aromatic rings. The Balaban J connectivity index is 1.58. The average Bonchev–Trinajstić information content (AvgIpc) is 2.92. The Morgan fingerprint density at radius 3 is 2.33 bits per heavy atom. The highest BCUT2D eigenvalue weighted by Gasteiger charge is 2.43. The van der Waals surface area contributed by atoms with Crippen LogP contribution in [0.3, 0.4) is 0 Å². The first-order valence-electron chi connectivity index (χ1n) is 11.8. The van der Waals surface area contributed by atoms with Gasteiger partial charge in [-0.05, 0) is 52.9 Å². The molecule has 1 aliphatic rings. The Morgan fingerprint density at radius 2 is 1.67 bits per heavy atom. The van der Waals surface area contributed by atoms with E-state index >= 15 is 0 Å². The van der Waals surface area contributed by atoms with E-state index in [1.165, 1.54) is 0 Å².